The molecule has 10 aromatic rings. The van der Waals surface area contributed by atoms with Gasteiger partial charge in [-0.05, 0) is 28.1 Å². The SMILES string of the molecule is N#Cc1c(-c2ccc(-c3nc(-c4ccccc4)nc(-c4ccccc4)n3)cc2)c(-c2ccccc2-c2nc(-c3ccccc3)nc(-c3ccccc3)n2)cc2ccccc12. The van der Waals surface area contributed by atoms with Crippen LogP contribution in [0.15, 0.2) is 200 Å². The zero-order valence-electron chi connectivity index (χ0n) is 32.2. The van der Waals surface area contributed by atoms with Crippen molar-refractivity contribution in [3.63, 3.8) is 0 Å². The lowest BCUT2D eigenvalue weighted by Crippen LogP contribution is -2.02. The molecule has 0 bridgehead atoms. The number of aromatic nitrogens is 6. The Hall–Kier alpha value is -8.47. The highest BCUT2D eigenvalue weighted by Crippen LogP contribution is 2.43. The fraction of sp³-hybridized carbons (Fsp3) is 0. The van der Waals surface area contributed by atoms with E-state index in [0.717, 1.165) is 66.4 Å². The van der Waals surface area contributed by atoms with Crippen LogP contribution in [0.25, 0.3) is 101 Å². The molecule has 0 amide bonds. The zero-order valence-corrected chi connectivity index (χ0v) is 32.2. The highest BCUT2D eigenvalue weighted by molar-refractivity contribution is 6.04. The summed E-state index contributed by atoms with van der Waals surface area (Å²) in [6.45, 7) is 0. The normalized spacial score (nSPS) is 11.0. The number of benzene rings is 8. The molecule has 7 heteroatoms. The van der Waals surface area contributed by atoms with Crippen LogP contribution in [0, 0.1) is 11.3 Å². The van der Waals surface area contributed by atoms with E-state index >= 15 is 0 Å². The van der Waals surface area contributed by atoms with Crippen LogP contribution >= 0.6 is 0 Å². The van der Waals surface area contributed by atoms with Crippen LogP contribution in [0.4, 0.5) is 0 Å². The molecule has 0 unspecified atom stereocenters. The number of hydrogen-bond acceptors (Lipinski definition) is 7. The minimum Gasteiger partial charge on any atom is -0.208 e. The van der Waals surface area contributed by atoms with E-state index in [2.05, 4.69) is 24.3 Å². The van der Waals surface area contributed by atoms with Gasteiger partial charge in [-0.15, -0.1) is 0 Å². The van der Waals surface area contributed by atoms with E-state index in [1.807, 2.05) is 182 Å². The summed E-state index contributed by atoms with van der Waals surface area (Å²) in [5.41, 5.74) is 9.25. The summed E-state index contributed by atoms with van der Waals surface area (Å²) in [5.74, 6) is 3.42. The lowest BCUT2D eigenvalue weighted by Gasteiger charge is -2.18. The van der Waals surface area contributed by atoms with Gasteiger partial charge in [0.15, 0.2) is 34.9 Å². The second-order valence-electron chi connectivity index (χ2n) is 14.2. The summed E-state index contributed by atoms with van der Waals surface area (Å²) in [6.07, 6.45) is 0. The Morgan fingerprint density at radius 1 is 0.300 bits per heavy atom. The fourth-order valence-corrected chi connectivity index (χ4v) is 7.54. The maximum Gasteiger partial charge on any atom is 0.164 e. The predicted octanol–water partition coefficient (Wildman–Crippen LogP) is 12.4. The lowest BCUT2D eigenvalue weighted by molar-refractivity contribution is 1.07. The molecule has 0 atom stereocenters. The molecule has 60 heavy (non-hydrogen) atoms. The van der Waals surface area contributed by atoms with E-state index in [9.17, 15) is 5.26 Å². The molecular weight excluding hydrogens is 735 g/mol. The summed E-state index contributed by atoms with van der Waals surface area (Å²) in [6, 6.07) is 68.8. The molecule has 7 nitrogen and oxygen atoms in total. The van der Waals surface area contributed by atoms with Gasteiger partial charge in [0, 0.05) is 44.3 Å². The average Bonchev–Trinajstić information content (AvgIpc) is 3.34. The van der Waals surface area contributed by atoms with E-state index in [1.54, 1.807) is 0 Å². The highest BCUT2D eigenvalue weighted by Gasteiger charge is 2.22. The minimum absolute atomic E-state index is 0.532. The van der Waals surface area contributed by atoms with E-state index in [4.69, 9.17) is 29.9 Å². The van der Waals surface area contributed by atoms with Crippen LogP contribution in [-0.4, -0.2) is 29.9 Å². The molecule has 2 aromatic heterocycles. The highest BCUT2D eigenvalue weighted by atomic mass is 15.0. The molecule has 280 valence electrons. The summed E-state index contributed by atoms with van der Waals surface area (Å²) in [4.78, 5) is 29.9. The lowest BCUT2D eigenvalue weighted by atomic mass is 9.85. The van der Waals surface area contributed by atoms with Gasteiger partial charge in [0.05, 0.1) is 5.56 Å². The molecule has 0 spiro atoms. The molecule has 0 N–H and O–H groups in total. The van der Waals surface area contributed by atoms with Gasteiger partial charge >= 0.3 is 0 Å². The van der Waals surface area contributed by atoms with Gasteiger partial charge in [-0.1, -0.05) is 194 Å². The third kappa shape index (κ3) is 6.95. The Labute approximate surface area is 347 Å². The van der Waals surface area contributed by atoms with Gasteiger partial charge in [0.1, 0.15) is 6.07 Å². The number of fused-ring (bicyclic) bond motifs is 1. The average molecular weight is 768 g/mol. The molecule has 0 saturated carbocycles. The number of nitriles is 1. The van der Waals surface area contributed by atoms with Crippen molar-refractivity contribution in [2.45, 2.75) is 0 Å². The number of hydrogen-bond donors (Lipinski definition) is 0. The first-order valence-electron chi connectivity index (χ1n) is 19.6. The van der Waals surface area contributed by atoms with Crippen molar-refractivity contribution < 1.29 is 0 Å². The summed E-state index contributed by atoms with van der Waals surface area (Å²) in [5, 5.41) is 12.8. The fourth-order valence-electron chi connectivity index (χ4n) is 7.54. The second kappa shape index (κ2) is 15.8. The van der Waals surface area contributed by atoms with Gasteiger partial charge in [0.2, 0.25) is 0 Å². The molecule has 2 heterocycles. The van der Waals surface area contributed by atoms with E-state index < -0.39 is 0 Å². The standard InChI is InChI=1S/C53H33N7/c54-34-46-42-26-14-13-25-41(42)33-45(43-27-15-16-28-44(43)53-59-50(38-21-9-3-10-22-38)58-51(60-53)39-23-11-4-12-24-39)47(46)35-29-31-40(32-30-35)52-56-48(36-17-5-1-6-18-36)55-49(57-52)37-19-7-2-8-20-37/h1-33H. The Morgan fingerprint density at radius 2 is 0.650 bits per heavy atom. The third-order valence-corrected chi connectivity index (χ3v) is 10.4. The van der Waals surface area contributed by atoms with Crippen LogP contribution in [0.1, 0.15) is 5.56 Å². The Kier molecular flexibility index (Phi) is 9.47. The van der Waals surface area contributed by atoms with Crippen molar-refractivity contribution in [3.8, 4) is 96.7 Å². The smallest absolute Gasteiger partial charge is 0.164 e. The Morgan fingerprint density at radius 3 is 1.10 bits per heavy atom. The maximum absolute atomic E-state index is 11.0. The van der Waals surface area contributed by atoms with Gasteiger partial charge in [-0.2, -0.15) is 5.26 Å². The molecule has 0 aliphatic heterocycles. The van der Waals surface area contributed by atoms with Crippen molar-refractivity contribution in [2.75, 3.05) is 0 Å². The largest absolute Gasteiger partial charge is 0.208 e. The number of nitrogens with zero attached hydrogens (tertiary/aromatic N) is 7. The van der Waals surface area contributed by atoms with Crippen LogP contribution in [0.2, 0.25) is 0 Å². The predicted molar refractivity (Wildman–Crippen MR) is 239 cm³/mol. The summed E-state index contributed by atoms with van der Waals surface area (Å²) in [7, 11) is 0. The van der Waals surface area contributed by atoms with Gasteiger partial charge in [0.25, 0.3) is 0 Å². The third-order valence-electron chi connectivity index (χ3n) is 10.4. The molecule has 0 aliphatic rings. The first kappa shape index (κ1) is 35.9. The Bertz CT molecular complexity index is 3070. The second-order valence-corrected chi connectivity index (χ2v) is 14.2. The van der Waals surface area contributed by atoms with Crippen molar-refractivity contribution in [1.29, 1.82) is 5.26 Å². The van der Waals surface area contributed by atoms with Crippen molar-refractivity contribution >= 4 is 10.8 Å². The van der Waals surface area contributed by atoms with Crippen molar-refractivity contribution in [1.82, 2.24) is 29.9 Å². The van der Waals surface area contributed by atoms with Crippen LogP contribution in [0.5, 0.6) is 0 Å². The molecule has 0 saturated heterocycles. The van der Waals surface area contributed by atoms with Crippen molar-refractivity contribution in [3.05, 3.63) is 206 Å². The topological polar surface area (TPSA) is 101 Å². The first-order valence-corrected chi connectivity index (χ1v) is 19.6. The molecule has 10 rings (SSSR count). The molecule has 0 aliphatic carbocycles. The first-order chi connectivity index (χ1) is 29.7. The zero-order chi connectivity index (χ0) is 40.3. The number of rotatable bonds is 8. The van der Waals surface area contributed by atoms with E-state index in [1.165, 1.54) is 0 Å². The summed E-state index contributed by atoms with van der Waals surface area (Å²) >= 11 is 0. The van der Waals surface area contributed by atoms with Crippen LogP contribution in [0.3, 0.4) is 0 Å². The molecule has 8 aromatic carbocycles. The molecule has 0 radical (unpaired) electrons. The minimum atomic E-state index is 0.532. The van der Waals surface area contributed by atoms with E-state index in [-0.39, 0.29) is 0 Å². The van der Waals surface area contributed by atoms with E-state index in [0.29, 0.717) is 40.5 Å². The quantitative estimate of drug-likeness (QED) is 0.152. The monoisotopic (exact) mass is 767 g/mol. The molecule has 0 fully saturated rings. The Balaban J connectivity index is 1.15. The summed E-state index contributed by atoms with van der Waals surface area (Å²) < 4.78 is 0. The van der Waals surface area contributed by atoms with Gasteiger partial charge in [-0.3, -0.25) is 0 Å². The van der Waals surface area contributed by atoms with Crippen LogP contribution < -0.4 is 0 Å². The van der Waals surface area contributed by atoms with Crippen molar-refractivity contribution in [2.24, 2.45) is 0 Å². The van der Waals surface area contributed by atoms with Crippen LogP contribution in [-0.2, 0) is 0 Å². The van der Waals surface area contributed by atoms with Gasteiger partial charge in [-0.25, -0.2) is 29.9 Å². The molecular formula is C53H33N7. The maximum atomic E-state index is 11.0. The van der Waals surface area contributed by atoms with Gasteiger partial charge < -0.3 is 0 Å².